The number of benzene rings is 2. The maximum absolute atomic E-state index is 12.6. The molecule has 0 aliphatic rings. The summed E-state index contributed by atoms with van der Waals surface area (Å²) in [5, 5.41) is 5.43. The first-order valence-corrected chi connectivity index (χ1v) is 11.2. The highest BCUT2D eigenvalue weighted by Gasteiger charge is 2.18. The van der Waals surface area contributed by atoms with Gasteiger partial charge in [-0.25, -0.2) is 8.42 Å². The summed E-state index contributed by atoms with van der Waals surface area (Å²) >= 11 is 0. The van der Waals surface area contributed by atoms with Gasteiger partial charge in [0.15, 0.2) is 9.84 Å². The fourth-order valence-electron chi connectivity index (χ4n) is 2.75. The van der Waals surface area contributed by atoms with E-state index in [9.17, 15) is 18.0 Å². The minimum atomic E-state index is -3.50. The molecule has 0 aliphatic carbocycles. The van der Waals surface area contributed by atoms with E-state index in [1.807, 2.05) is 6.92 Å². The van der Waals surface area contributed by atoms with Crippen LogP contribution < -0.4 is 15.4 Å². The second-order valence-corrected chi connectivity index (χ2v) is 8.78. The zero-order valence-electron chi connectivity index (χ0n) is 17.3. The van der Waals surface area contributed by atoms with E-state index in [0.29, 0.717) is 23.7 Å². The molecule has 2 amide bonds. The number of amides is 2. The van der Waals surface area contributed by atoms with E-state index in [1.165, 1.54) is 26.2 Å². The van der Waals surface area contributed by atoms with E-state index in [2.05, 4.69) is 10.6 Å². The molecule has 0 aromatic heterocycles. The van der Waals surface area contributed by atoms with Crippen molar-refractivity contribution in [3.63, 3.8) is 0 Å². The van der Waals surface area contributed by atoms with Crippen LogP contribution >= 0.6 is 0 Å². The van der Waals surface area contributed by atoms with Gasteiger partial charge in [-0.3, -0.25) is 14.5 Å². The summed E-state index contributed by atoms with van der Waals surface area (Å²) in [4.78, 5) is 25.3. The monoisotopic (exact) mass is 433 g/mol. The molecule has 30 heavy (non-hydrogen) atoms. The number of hydrogen-bond donors (Lipinski definition) is 2. The predicted molar refractivity (Wildman–Crippen MR) is 117 cm³/mol. The van der Waals surface area contributed by atoms with Gasteiger partial charge in [-0.2, -0.15) is 0 Å². The Kier molecular flexibility index (Phi) is 8.37. The zero-order valence-corrected chi connectivity index (χ0v) is 18.2. The van der Waals surface area contributed by atoms with Crippen molar-refractivity contribution in [3.05, 3.63) is 48.5 Å². The molecule has 0 saturated heterocycles. The van der Waals surface area contributed by atoms with E-state index in [0.717, 1.165) is 0 Å². The number of carbonyl (C=O) groups is 2. The van der Waals surface area contributed by atoms with E-state index >= 15 is 0 Å². The van der Waals surface area contributed by atoms with Gasteiger partial charge in [-0.15, -0.1) is 0 Å². The lowest BCUT2D eigenvalue weighted by Gasteiger charge is -2.20. The smallest absolute Gasteiger partial charge is 0.238 e. The summed E-state index contributed by atoms with van der Waals surface area (Å²) in [5.41, 5.74) is 1.23. The van der Waals surface area contributed by atoms with Gasteiger partial charge in [0, 0.05) is 24.8 Å². The third-order valence-corrected chi connectivity index (χ3v) is 6.07. The van der Waals surface area contributed by atoms with Crippen molar-refractivity contribution in [1.82, 2.24) is 4.90 Å². The lowest BCUT2D eigenvalue weighted by Crippen LogP contribution is -2.36. The first-order valence-electron chi connectivity index (χ1n) is 9.50. The Balaban J connectivity index is 1.91. The molecule has 9 heteroatoms. The number of carbonyl (C=O) groups excluding carboxylic acids is 2. The molecule has 0 atom stereocenters. The summed E-state index contributed by atoms with van der Waals surface area (Å²) in [6.07, 6.45) is 0. The van der Waals surface area contributed by atoms with E-state index in [4.69, 9.17) is 4.74 Å². The molecule has 0 bridgehead atoms. The Hall–Kier alpha value is -2.91. The van der Waals surface area contributed by atoms with Crippen LogP contribution in [0.3, 0.4) is 0 Å². The van der Waals surface area contributed by atoms with Crippen LogP contribution in [0.15, 0.2) is 53.4 Å². The Morgan fingerprint density at radius 2 is 1.67 bits per heavy atom. The maximum Gasteiger partial charge on any atom is 0.238 e. The summed E-state index contributed by atoms with van der Waals surface area (Å²) in [5.74, 6) is -0.0447. The fraction of sp³-hybridized carbons (Fsp3) is 0.333. The highest BCUT2D eigenvalue weighted by Crippen LogP contribution is 2.18. The molecule has 0 radical (unpaired) electrons. The number of methoxy groups -OCH3 is 1. The van der Waals surface area contributed by atoms with Gasteiger partial charge in [-0.1, -0.05) is 13.0 Å². The van der Waals surface area contributed by atoms with Crippen LogP contribution in [0.4, 0.5) is 11.4 Å². The number of anilines is 2. The van der Waals surface area contributed by atoms with Crippen LogP contribution in [-0.2, 0) is 19.4 Å². The van der Waals surface area contributed by atoms with Crippen molar-refractivity contribution in [3.8, 4) is 5.75 Å². The minimum Gasteiger partial charge on any atom is -0.497 e. The van der Waals surface area contributed by atoms with Crippen molar-refractivity contribution in [1.29, 1.82) is 0 Å². The molecular formula is C21H27N3O5S. The number of ether oxygens (including phenoxy) is 1. The Labute approximate surface area is 177 Å². The number of rotatable bonds is 10. The average Bonchev–Trinajstić information content (AvgIpc) is 2.72. The van der Waals surface area contributed by atoms with Crippen molar-refractivity contribution < 1.29 is 22.7 Å². The summed E-state index contributed by atoms with van der Waals surface area (Å²) in [6.45, 7) is 4.11. The van der Waals surface area contributed by atoms with Gasteiger partial charge >= 0.3 is 0 Å². The quantitative estimate of drug-likeness (QED) is 0.596. The zero-order chi connectivity index (χ0) is 22.1. The van der Waals surface area contributed by atoms with Crippen molar-refractivity contribution in [2.75, 3.05) is 43.1 Å². The molecule has 2 aromatic rings. The normalized spacial score (nSPS) is 11.2. The highest BCUT2D eigenvalue weighted by molar-refractivity contribution is 7.91. The van der Waals surface area contributed by atoms with Crippen LogP contribution in [0.5, 0.6) is 5.75 Å². The van der Waals surface area contributed by atoms with Crippen LogP contribution in [-0.4, -0.2) is 57.6 Å². The minimum absolute atomic E-state index is 0.0670. The van der Waals surface area contributed by atoms with Gasteiger partial charge in [0.05, 0.1) is 24.3 Å². The molecule has 162 valence electrons. The molecule has 0 spiro atoms. The Morgan fingerprint density at radius 3 is 2.23 bits per heavy atom. The number of nitrogens with one attached hydrogen (secondary N) is 2. The molecule has 0 saturated carbocycles. The fourth-order valence-corrected chi connectivity index (χ4v) is 4.07. The molecule has 0 fully saturated rings. The van der Waals surface area contributed by atoms with Crippen molar-refractivity contribution in [2.24, 2.45) is 0 Å². The first-order chi connectivity index (χ1) is 14.2. The summed E-state index contributed by atoms with van der Waals surface area (Å²) in [7, 11) is -2.01. The molecule has 2 N–H and O–H groups in total. The highest BCUT2D eigenvalue weighted by atomic mass is 32.2. The number of hydrogen-bond acceptors (Lipinski definition) is 6. The summed E-state index contributed by atoms with van der Waals surface area (Å²) in [6, 6.07) is 13.1. The summed E-state index contributed by atoms with van der Waals surface area (Å²) < 4.78 is 30.3. The van der Waals surface area contributed by atoms with E-state index < -0.39 is 9.84 Å². The van der Waals surface area contributed by atoms with Crippen molar-refractivity contribution >= 4 is 33.0 Å². The number of nitrogens with zero attached hydrogens (tertiary/aromatic N) is 1. The van der Waals surface area contributed by atoms with Gasteiger partial charge in [-0.05, 0) is 49.0 Å². The van der Waals surface area contributed by atoms with Gasteiger partial charge in [0.25, 0.3) is 0 Å². The maximum atomic E-state index is 12.6. The lowest BCUT2D eigenvalue weighted by atomic mass is 10.2. The Morgan fingerprint density at radius 1 is 1.03 bits per heavy atom. The van der Waals surface area contributed by atoms with Gasteiger partial charge in [0.2, 0.25) is 11.8 Å². The molecule has 2 rings (SSSR count). The molecule has 0 heterocycles. The SMILES string of the molecule is CCN(CCS(=O)(=O)c1cccc(OC)c1)CC(=O)Nc1ccc(NC(C)=O)cc1. The average molecular weight is 434 g/mol. The van der Waals surface area contributed by atoms with Crippen LogP contribution in [0.2, 0.25) is 0 Å². The van der Waals surface area contributed by atoms with Gasteiger partial charge < -0.3 is 15.4 Å². The van der Waals surface area contributed by atoms with E-state index in [-0.39, 0.29) is 35.6 Å². The molecule has 8 nitrogen and oxygen atoms in total. The second kappa shape index (κ2) is 10.7. The topological polar surface area (TPSA) is 105 Å². The standard InChI is InChI=1S/C21H27N3O5S/c1-4-24(12-13-30(27,28)20-7-5-6-19(14-20)29-3)15-21(26)23-18-10-8-17(9-11-18)22-16(2)25/h5-11,14H,4,12-13,15H2,1-3H3,(H,22,25)(H,23,26). The number of sulfone groups is 1. The Bertz CT molecular complexity index is 974. The third-order valence-electron chi connectivity index (χ3n) is 4.38. The number of likely N-dealkylation sites (N-methyl/N-ethyl adjacent to an activating group) is 1. The lowest BCUT2D eigenvalue weighted by molar-refractivity contribution is -0.117. The van der Waals surface area contributed by atoms with Crippen LogP contribution in [0.1, 0.15) is 13.8 Å². The van der Waals surface area contributed by atoms with Crippen LogP contribution in [0, 0.1) is 0 Å². The molecular weight excluding hydrogens is 406 g/mol. The third kappa shape index (κ3) is 7.16. The largest absolute Gasteiger partial charge is 0.497 e. The van der Waals surface area contributed by atoms with Crippen LogP contribution in [0.25, 0.3) is 0 Å². The van der Waals surface area contributed by atoms with E-state index in [1.54, 1.807) is 41.3 Å². The molecule has 0 unspecified atom stereocenters. The first kappa shape index (κ1) is 23.4. The molecule has 0 aliphatic heterocycles. The second-order valence-electron chi connectivity index (χ2n) is 6.67. The predicted octanol–water partition coefficient (Wildman–Crippen LogP) is 2.39. The van der Waals surface area contributed by atoms with Gasteiger partial charge in [0.1, 0.15) is 5.75 Å². The molecule has 2 aromatic carbocycles. The van der Waals surface area contributed by atoms with Crippen molar-refractivity contribution in [2.45, 2.75) is 18.7 Å².